The standard InChI is InChI=1S/C13H21NO3S/c1-9-6-10(2)13(11(3)7-9)18(15,16)14-12(4)8-17-5/h6-7,12,14H,8H2,1-5H3/t12-/m0/s1. The highest BCUT2D eigenvalue weighted by Gasteiger charge is 2.21. The molecule has 0 aliphatic rings. The minimum absolute atomic E-state index is 0.250. The number of benzene rings is 1. The van der Waals surface area contributed by atoms with E-state index in [4.69, 9.17) is 4.74 Å². The van der Waals surface area contributed by atoms with Gasteiger partial charge in [-0.1, -0.05) is 17.7 Å². The largest absolute Gasteiger partial charge is 0.383 e. The number of hydrogen-bond donors (Lipinski definition) is 1. The predicted octanol–water partition coefficient (Wildman–Crippen LogP) is 1.93. The fourth-order valence-electron chi connectivity index (χ4n) is 2.20. The summed E-state index contributed by atoms with van der Waals surface area (Å²) in [6.07, 6.45) is 0. The Balaban J connectivity index is 3.13. The highest BCUT2D eigenvalue weighted by molar-refractivity contribution is 7.89. The van der Waals surface area contributed by atoms with Crippen molar-refractivity contribution in [2.24, 2.45) is 0 Å². The van der Waals surface area contributed by atoms with Crippen molar-refractivity contribution in [2.75, 3.05) is 13.7 Å². The van der Waals surface area contributed by atoms with E-state index in [9.17, 15) is 8.42 Å². The summed E-state index contributed by atoms with van der Waals surface area (Å²) < 4.78 is 32.2. The van der Waals surface area contributed by atoms with E-state index >= 15 is 0 Å². The Kier molecular flexibility index (Phi) is 4.90. The average Bonchev–Trinajstić information content (AvgIpc) is 2.13. The SMILES string of the molecule is COC[C@H](C)NS(=O)(=O)c1c(C)cc(C)cc1C. The summed E-state index contributed by atoms with van der Waals surface area (Å²) >= 11 is 0. The van der Waals surface area contributed by atoms with Crippen LogP contribution in [-0.4, -0.2) is 28.2 Å². The highest BCUT2D eigenvalue weighted by atomic mass is 32.2. The fourth-order valence-corrected chi connectivity index (χ4v) is 3.88. The summed E-state index contributed by atoms with van der Waals surface area (Å²) in [5, 5.41) is 0. The minimum Gasteiger partial charge on any atom is -0.383 e. The lowest BCUT2D eigenvalue weighted by atomic mass is 10.1. The summed E-state index contributed by atoms with van der Waals surface area (Å²) in [5.41, 5.74) is 2.60. The third-order valence-corrected chi connectivity index (χ3v) is 4.54. The molecule has 0 heterocycles. The van der Waals surface area contributed by atoms with E-state index < -0.39 is 10.0 Å². The lowest BCUT2D eigenvalue weighted by molar-refractivity contribution is 0.180. The molecule has 0 radical (unpaired) electrons. The minimum atomic E-state index is -3.49. The van der Waals surface area contributed by atoms with Crippen molar-refractivity contribution in [3.05, 3.63) is 28.8 Å². The molecule has 0 aliphatic carbocycles. The first kappa shape index (κ1) is 15.1. The number of methoxy groups -OCH3 is 1. The van der Waals surface area contributed by atoms with Crippen molar-refractivity contribution in [1.29, 1.82) is 0 Å². The maximum Gasteiger partial charge on any atom is 0.241 e. The summed E-state index contributed by atoms with van der Waals surface area (Å²) in [7, 11) is -1.94. The van der Waals surface area contributed by atoms with Crippen molar-refractivity contribution in [2.45, 2.75) is 38.6 Å². The maximum atomic E-state index is 12.3. The number of aryl methyl sites for hydroxylation is 3. The van der Waals surface area contributed by atoms with E-state index in [1.165, 1.54) is 0 Å². The van der Waals surface area contributed by atoms with Crippen LogP contribution in [0.4, 0.5) is 0 Å². The number of nitrogens with one attached hydrogen (secondary N) is 1. The van der Waals surface area contributed by atoms with Gasteiger partial charge in [0, 0.05) is 13.2 Å². The molecule has 1 atom stereocenters. The normalized spacial score (nSPS) is 13.6. The van der Waals surface area contributed by atoms with Crippen LogP contribution in [-0.2, 0) is 14.8 Å². The molecule has 5 heteroatoms. The molecular weight excluding hydrogens is 250 g/mol. The topological polar surface area (TPSA) is 55.4 Å². The van der Waals surface area contributed by atoms with Gasteiger partial charge in [-0.15, -0.1) is 0 Å². The molecule has 102 valence electrons. The molecule has 0 amide bonds. The second kappa shape index (κ2) is 5.82. The Morgan fingerprint density at radius 3 is 2.17 bits per heavy atom. The van der Waals surface area contributed by atoms with Crippen LogP contribution in [0.3, 0.4) is 0 Å². The van der Waals surface area contributed by atoms with Gasteiger partial charge in [-0.2, -0.15) is 0 Å². The van der Waals surface area contributed by atoms with Gasteiger partial charge in [0.05, 0.1) is 11.5 Å². The van der Waals surface area contributed by atoms with Gasteiger partial charge in [-0.25, -0.2) is 13.1 Å². The lowest BCUT2D eigenvalue weighted by Gasteiger charge is -2.16. The van der Waals surface area contributed by atoms with Crippen LogP contribution in [0.25, 0.3) is 0 Å². The van der Waals surface area contributed by atoms with Gasteiger partial charge in [-0.05, 0) is 38.8 Å². The summed E-state index contributed by atoms with van der Waals surface area (Å²) in [4.78, 5) is 0.371. The maximum absolute atomic E-state index is 12.3. The van der Waals surface area contributed by atoms with Gasteiger partial charge in [0.2, 0.25) is 10.0 Å². The van der Waals surface area contributed by atoms with Crippen molar-refractivity contribution in [3.8, 4) is 0 Å². The molecule has 0 unspecified atom stereocenters. The van der Waals surface area contributed by atoms with E-state index in [-0.39, 0.29) is 6.04 Å². The van der Waals surface area contributed by atoms with E-state index in [1.807, 2.05) is 32.9 Å². The van der Waals surface area contributed by atoms with Gasteiger partial charge in [0.25, 0.3) is 0 Å². The zero-order chi connectivity index (χ0) is 13.9. The van der Waals surface area contributed by atoms with Crippen LogP contribution in [0.2, 0.25) is 0 Å². The Labute approximate surface area is 109 Å². The molecule has 0 fully saturated rings. The molecule has 0 bridgehead atoms. The zero-order valence-corrected chi connectivity index (χ0v) is 12.4. The van der Waals surface area contributed by atoms with Gasteiger partial charge >= 0.3 is 0 Å². The van der Waals surface area contributed by atoms with Crippen molar-refractivity contribution < 1.29 is 13.2 Å². The molecule has 1 aromatic carbocycles. The highest BCUT2D eigenvalue weighted by Crippen LogP contribution is 2.21. The van der Waals surface area contributed by atoms with Crippen LogP contribution in [0.5, 0.6) is 0 Å². The molecule has 4 nitrogen and oxygen atoms in total. The van der Waals surface area contributed by atoms with E-state index in [2.05, 4.69) is 4.72 Å². The Morgan fingerprint density at radius 1 is 1.22 bits per heavy atom. The molecule has 0 spiro atoms. The van der Waals surface area contributed by atoms with E-state index in [1.54, 1.807) is 14.0 Å². The second-order valence-corrected chi connectivity index (χ2v) is 6.36. The van der Waals surface area contributed by atoms with Crippen LogP contribution >= 0.6 is 0 Å². The van der Waals surface area contributed by atoms with Crippen molar-refractivity contribution in [3.63, 3.8) is 0 Å². The molecule has 1 aromatic rings. The summed E-state index contributed by atoms with van der Waals surface area (Å²) in [6.45, 7) is 7.71. The predicted molar refractivity (Wildman–Crippen MR) is 72.3 cm³/mol. The molecular formula is C13H21NO3S. The quantitative estimate of drug-likeness (QED) is 0.890. The molecule has 0 saturated carbocycles. The number of rotatable bonds is 5. The third-order valence-electron chi connectivity index (χ3n) is 2.65. The Morgan fingerprint density at radius 2 is 1.72 bits per heavy atom. The van der Waals surface area contributed by atoms with E-state index in [0.717, 1.165) is 16.7 Å². The molecule has 0 saturated heterocycles. The van der Waals surface area contributed by atoms with Crippen molar-refractivity contribution >= 4 is 10.0 Å². The zero-order valence-electron chi connectivity index (χ0n) is 11.6. The smallest absolute Gasteiger partial charge is 0.241 e. The summed E-state index contributed by atoms with van der Waals surface area (Å²) in [6, 6.07) is 3.51. The fraction of sp³-hybridized carbons (Fsp3) is 0.538. The lowest BCUT2D eigenvalue weighted by Crippen LogP contribution is -2.36. The van der Waals surface area contributed by atoms with Crippen molar-refractivity contribution in [1.82, 2.24) is 4.72 Å². The van der Waals surface area contributed by atoms with Crippen LogP contribution < -0.4 is 4.72 Å². The molecule has 0 aliphatic heterocycles. The molecule has 0 aromatic heterocycles. The van der Waals surface area contributed by atoms with Gasteiger partial charge in [0.15, 0.2) is 0 Å². The number of hydrogen-bond acceptors (Lipinski definition) is 3. The number of ether oxygens (including phenoxy) is 1. The Bertz CT molecular complexity index is 500. The van der Waals surface area contributed by atoms with Crippen LogP contribution in [0.15, 0.2) is 17.0 Å². The molecule has 1 N–H and O–H groups in total. The Hall–Kier alpha value is -0.910. The first-order chi connectivity index (χ1) is 8.27. The number of sulfonamides is 1. The van der Waals surface area contributed by atoms with Gasteiger partial charge < -0.3 is 4.74 Å². The third kappa shape index (κ3) is 3.54. The van der Waals surface area contributed by atoms with E-state index in [0.29, 0.717) is 11.5 Å². The summed E-state index contributed by atoms with van der Waals surface area (Å²) in [5.74, 6) is 0. The van der Waals surface area contributed by atoms with Gasteiger partial charge in [0.1, 0.15) is 0 Å². The second-order valence-electron chi connectivity index (χ2n) is 4.71. The van der Waals surface area contributed by atoms with Crippen LogP contribution in [0.1, 0.15) is 23.6 Å². The first-order valence-electron chi connectivity index (χ1n) is 5.87. The monoisotopic (exact) mass is 271 g/mol. The van der Waals surface area contributed by atoms with Gasteiger partial charge in [-0.3, -0.25) is 0 Å². The first-order valence-corrected chi connectivity index (χ1v) is 7.35. The van der Waals surface area contributed by atoms with Crippen LogP contribution in [0, 0.1) is 20.8 Å². The average molecular weight is 271 g/mol. The molecule has 18 heavy (non-hydrogen) atoms. The molecule has 1 rings (SSSR count).